The topological polar surface area (TPSA) is 71.1 Å². The van der Waals surface area contributed by atoms with Gasteiger partial charge in [0, 0.05) is 21.9 Å². The third kappa shape index (κ3) is 6.81. The summed E-state index contributed by atoms with van der Waals surface area (Å²) in [4.78, 5) is 24.1. The van der Waals surface area contributed by atoms with Crippen LogP contribution in [0.2, 0.25) is 0 Å². The van der Waals surface area contributed by atoms with Gasteiger partial charge in [0.2, 0.25) is 0 Å². The lowest BCUT2D eigenvalue weighted by Crippen LogP contribution is -2.24. The number of hydrogen-bond donors (Lipinski definition) is 0. The second kappa shape index (κ2) is 12.6. The van der Waals surface area contributed by atoms with Crippen molar-refractivity contribution in [3.8, 4) is 23.0 Å². The minimum atomic E-state index is -3.87. The molecule has 0 unspecified atom stereocenters. The van der Waals surface area contributed by atoms with Crippen molar-refractivity contribution in [2.45, 2.75) is 33.0 Å². The van der Waals surface area contributed by atoms with Crippen molar-refractivity contribution in [1.82, 2.24) is 0 Å². The number of rotatable bonds is 10. The Labute approximate surface area is 267 Å². The van der Waals surface area contributed by atoms with Gasteiger partial charge in [0.1, 0.15) is 23.0 Å². The van der Waals surface area contributed by atoms with Gasteiger partial charge < -0.3 is 18.9 Å². The maximum Gasteiger partial charge on any atom is 0.427 e. The van der Waals surface area contributed by atoms with Crippen molar-refractivity contribution in [3.05, 3.63) is 132 Å². The number of carbonyl (C=O) groups excluding carboxylic acids is 2. The number of halogens is 4. The number of esters is 2. The van der Waals surface area contributed by atoms with Gasteiger partial charge in [-0.1, -0.05) is 61.7 Å². The molecular formula is C37H28F4O6. The van der Waals surface area contributed by atoms with E-state index in [1.165, 1.54) is 57.2 Å². The van der Waals surface area contributed by atoms with Crippen molar-refractivity contribution >= 4 is 33.5 Å². The molecule has 0 fully saturated rings. The summed E-state index contributed by atoms with van der Waals surface area (Å²) >= 11 is 0. The third-order valence-electron chi connectivity index (χ3n) is 7.13. The van der Waals surface area contributed by atoms with Crippen molar-refractivity contribution in [2.75, 3.05) is 0 Å². The molecule has 0 bridgehead atoms. The van der Waals surface area contributed by atoms with Crippen LogP contribution < -0.4 is 18.9 Å². The van der Waals surface area contributed by atoms with Crippen LogP contribution in [0.1, 0.15) is 30.5 Å². The Morgan fingerprint density at radius 3 is 1.40 bits per heavy atom. The molecule has 0 aliphatic heterocycles. The van der Waals surface area contributed by atoms with E-state index < -0.39 is 35.3 Å². The van der Waals surface area contributed by atoms with Crippen LogP contribution in [0.3, 0.4) is 0 Å². The average molecular weight is 645 g/mol. The molecule has 0 saturated heterocycles. The maximum atomic E-state index is 15.6. The first kappa shape index (κ1) is 32.7. The predicted molar refractivity (Wildman–Crippen MR) is 169 cm³/mol. The molecule has 0 N–H and O–H groups in total. The van der Waals surface area contributed by atoms with Crippen LogP contribution in [0.4, 0.5) is 17.6 Å². The van der Waals surface area contributed by atoms with E-state index in [1.807, 2.05) is 0 Å². The highest BCUT2D eigenvalue weighted by Gasteiger charge is 2.39. The Kier molecular flexibility index (Phi) is 8.80. The van der Waals surface area contributed by atoms with Crippen LogP contribution in [0.15, 0.2) is 115 Å². The quantitative estimate of drug-likeness (QED) is 0.0653. The number of hydrogen-bond acceptors (Lipinski definition) is 6. The standard InChI is InChI=1S/C37H28F4O6/c1-21(2)34(42)44-32-18-15-29(25-10-6-8-12-27(25)32)36(38,39)46-24-14-17-31(23(5)20-24)47-37(40,41)30-16-19-33(45-35(43)22(3)4)28-13-9-7-11-26(28)30/h6-20H,1,3H2,2,4-5H3. The molecule has 5 aromatic rings. The van der Waals surface area contributed by atoms with Gasteiger partial charge in [0.15, 0.2) is 0 Å². The number of benzene rings is 5. The summed E-state index contributed by atoms with van der Waals surface area (Å²) in [6, 6.07) is 20.3. The van der Waals surface area contributed by atoms with Crippen LogP contribution in [0.5, 0.6) is 23.0 Å². The van der Waals surface area contributed by atoms with E-state index in [4.69, 9.17) is 18.9 Å². The van der Waals surface area contributed by atoms with E-state index >= 15 is 17.6 Å². The van der Waals surface area contributed by atoms with Crippen LogP contribution in [0.25, 0.3) is 21.5 Å². The fraction of sp³-hybridized carbons (Fsp3) is 0.135. The molecule has 0 aliphatic rings. The van der Waals surface area contributed by atoms with E-state index in [0.717, 1.165) is 30.3 Å². The Morgan fingerprint density at radius 1 is 0.574 bits per heavy atom. The van der Waals surface area contributed by atoms with Crippen molar-refractivity contribution in [1.29, 1.82) is 0 Å². The van der Waals surface area contributed by atoms with Crippen LogP contribution in [-0.2, 0) is 21.8 Å². The van der Waals surface area contributed by atoms with E-state index in [-0.39, 0.29) is 61.3 Å². The molecule has 240 valence electrons. The number of aryl methyl sites for hydroxylation is 1. The number of carbonyl (C=O) groups is 2. The summed E-state index contributed by atoms with van der Waals surface area (Å²) in [5.41, 5.74) is -0.627. The molecule has 0 atom stereocenters. The molecule has 0 amide bonds. The highest BCUT2D eigenvalue weighted by Crippen LogP contribution is 2.42. The molecule has 0 radical (unpaired) electrons. The summed E-state index contributed by atoms with van der Waals surface area (Å²) < 4.78 is 83.3. The first-order chi connectivity index (χ1) is 22.2. The van der Waals surface area contributed by atoms with E-state index in [2.05, 4.69) is 13.2 Å². The fourth-order valence-electron chi connectivity index (χ4n) is 4.80. The lowest BCUT2D eigenvalue weighted by molar-refractivity contribution is -0.187. The van der Waals surface area contributed by atoms with E-state index in [0.29, 0.717) is 0 Å². The molecule has 6 nitrogen and oxygen atoms in total. The van der Waals surface area contributed by atoms with E-state index in [9.17, 15) is 9.59 Å². The van der Waals surface area contributed by atoms with Crippen LogP contribution in [0, 0.1) is 6.92 Å². The monoisotopic (exact) mass is 644 g/mol. The third-order valence-corrected chi connectivity index (χ3v) is 7.13. The lowest BCUT2D eigenvalue weighted by atomic mass is 10.0. The maximum absolute atomic E-state index is 15.6. The minimum Gasteiger partial charge on any atom is -0.429 e. The van der Waals surface area contributed by atoms with E-state index in [1.54, 1.807) is 24.3 Å². The average Bonchev–Trinajstić information content (AvgIpc) is 3.02. The Bertz CT molecular complexity index is 2070. The van der Waals surface area contributed by atoms with Gasteiger partial charge in [0.05, 0.1) is 11.1 Å². The Morgan fingerprint density at radius 2 is 0.979 bits per heavy atom. The molecule has 10 heteroatoms. The molecule has 0 saturated carbocycles. The molecule has 5 rings (SSSR count). The summed E-state index contributed by atoms with van der Waals surface area (Å²) in [7, 11) is 0. The van der Waals surface area contributed by atoms with Gasteiger partial charge in [-0.3, -0.25) is 0 Å². The Hall–Kier alpha value is -5.64. The summed E-state index contributed by atoms with van der Waals surface area (Å²) in [5.74, 6) is -1.85. The summed E-state index contributed by atoms with van der Waals surface area (Å²) in [6.45, 7) is 11.4. The second-order valence-corrected chi connectivity index (χ2v) is 10.8. The first-order valence-electron chi connectivity index (χ1n) is 14.2. The van der Waals surface area contributed by atoms with Crippen LogP contribution in [-0.4, -0.2) is 11.9 Å². The highest BCUT2D eigenvalue weighted by molar-refractivity contribution is 5.97. The molecular weight excluding hydrogens is 616 g/mol. The minimum absolute atomic E-state index is 0.0710. The predicted octanol–water partition coefficient (Wildman–Crippen LogP) is 9.52. The summed E-state index contributed by atoms with van der Waals surface area (Å²) in [5, 5.41) is 0.655. The van der Waals surface area contributed by atoms with Gasteiger partial charge in [-0.2, -0.15) is 17.6 Å². The zero-order valence-corrected chi connectivity index (χ0v) is 25.5. The van der Waals surface area contributed by atoms with Crippen molar-refractivity contribution in [3.63, 3.8) is 0 Å². The lowest BCUT2D eigenvalue weighted by Gasteiger charge is -2.23. The van der Waals surface area contributed by atoms with Gasteiger partial charge in [0.25, 0.3) is 0 Å². The smallest absolute Gasteiger partial charge is 0.427 e. The molecule has 47 heavy (non-hydrogen) atoms. The number of alkyl halides is 4. The first-order valence-corrected chi connectivity index (χ1v) is 14.2. The second-order valence-electron chi connectivity index (χ2n) is 10.8. The van der Waals surface area contributed by atoms with Gasteiger partial charge in [-0.25, -0.2) is 9.59 Å². The van der Waals surface area contributed by atoms with Gasteiger partial charge in [-0.15, -0.1) is 0 Å². The largest absolute Gasteiger partial charge is 0.429 e. The van der Waals surface area contributed by atoms with Gasteiger partial charge >= 0.3 is 24.2 Å². The Balaban J connectivity index is 1.40. The van der Waals surface area contributed by atoms with Gasteiger partial charge in [-0.05, 0) is 79.6 Å². The zero-order chi connectivity index (χ0) is 34.1. The molecule has 5 aromatic carbocycles. The number of fused-ring (bicyclic) bond motifs is 2. The van der Waals surface area contributed by atoms with Crippen molar-refractivity contribution < 1.29 is 46.1 Å². The number of ether oxygens (including phenoxy) is 4. The fourth-order valence-corrected chi connectivity index (χ4v) is 4.80. The zero-order valence-electron chi connectivity index (χ0n) is 25.5. The normalized spacial score (nSPS) is 11.6. The molecule has 0 aliphatic carbocycles. The van der Waals surface area contributed by atoms with Crippen LogP contribution >= 0.6 is 0 Å². The molecule has 0 aromatic heterocycles. The molecule has 0 spiro atoms. The molecule has 0 heterocycles. The summed E-state index contributed by atoms with van der Waals surface area (Å²) in [6.07, 6.45) is -7.74. The highest BCUT2D eigenvalue weighted by atomic mass is 19.3. The SMILES string of the molecule is C=C(C)C(=O)Oc1ccc(C(F)(F)Oc2ccc(OC(F)(F)c3ccc(OC(=O)C(=C)C)c4ccccc34)c(C)c2)c2ccccc12. The van der Waals surface area contributed by atoms with Crippen molar-refractivity contribution in [2.24, 2.45) is 0 Å².